The third-order valence-electron chi connectivity index (χ3n) is 5.60. The first-order valence-corrected chi connectivity index (χ1v) is 9.55. The Hall–Kier alpha value is -1.31. The largest absolute Gasteiger partial charge is 0.314 e. The van der Waals surface area contributed by atoms with Gasteiger partial charge in [0.2, 0.25) is 0 Å². The SMILES string of the molecule is Brc1ccc(CN2CC3CC(C2)N3Cc2nnc3n2CCC3)nc1. The van der Waals surface area contributed by atoms with Gasteiger partial charge in [-0.05, 0) is 40.9 Å². The zero-order valence-corrected chi connectivity index (χ0v) is 15.2. The lowest BCUT2D eigenvalue weighted by Crippen LogP contribution is -2.67. The van der Waals surface area contributed by atoms with Gasteiger partial charge in [-0.2, -0.15) is 0 Å². The number of aryl methyl sites for hydroxylation is 1. The Kier molecular flexibility index (Phi) is 3.68. The molecule has 0 aliphatic carbocycles. The van der Waals surface area contributed by atoms with E-state index >= 15 is 0 Å². The molecule has 24 heavy (non-hydrogen) atoms. The summed E-state index contributed by atoms with van der Waals surface area (Å²) in [7, 11) is 0. The molecule has 4 aliphatic heterocycles. The number of aromatic nitrogens is 4. The second-order valence-electron chi connectivity index (χ2n) is 7.17. The van der Waals surface area contributed by atoms with E-state index in [1.54, 1.807) is 0 Å². The first-order chi connectivity index (χ1) is 11.8. The van der Waals surface area contributed by atoms with Crippen molar-refractivity contribution in [2.24, 2.45) is 0 Å². The van der Waals surface area contributed by atoms with Gasteiger partial charge in [0.05, 0.1) is 12.2 Å². The molecule has 7 heteroatoms. The highest BCUT2D eigenvalue weighted by Crippen LogP contribution is 2.34. The topological polar surface area (TPSA) is 50.1 Å². The number of pyridine rings is 1. The third kappa shape index (κ3) is 2.59. The molecule has 0 saturated carbocycles. The average molecular weight is 389 g/mol. The molecule has 2 aromatic rings. The fraction of sp³-hybridized carbons (Fsp3) is 0.588. The minimum absolute atomic E-state index is 0.661. The van der Waals surface area contributed by atoms with Gasteiger partial charge in [-0.25, -0.2) is 0 Å². The Labute approximate surface area is 150 Å². The minimum atomic E-state index is 0.661. The van der Waals surface area contributed by atoms with Gasteiger partial charge < -0.3 is 4.57 Å². The Morgan fingerprint density at radius 3 is 2.79 bits per heavy atom. The van der Waals surface area contributed by atoms with Gasteiger partial charge in [-0.15, -0.1) is 10.2 Å². The summed E-state index contributed by atoms with van der Waals surface area (Å²) < 4.78 is 3.37. The van der Waals surface area contributed by atoms with E-state index in [9.17, 15) is 0 Å². The maximum atomic E-state index is 4.51. The predicted molar refractivity (Wildman–Crippen MR) is 93.3 cm³/mol. The van der Waals surface area contributed by atoms with Gasteiger partial charge in [-0.1, -0.05) is 0 Å². The summed E-state index contributed by atoms with van der Waals surface area (Å²) in [5.41, 5.74) is 1.15. The van der Waals surface area contributed by atoms with Crippen molar-refractivity contribution in [2.75, 3.05) is 13.1 Å². The number of rotatable bonds is 4. The molecular formula is C17H21BrN6. The molecule has 0 amide bonds. The predicted octanol–water partition coefficient (Wildman–Crippen LogP) is 1.84. The molecule has 3 saturated heterocycles. The number of hydrogen-bond acceptors (Lipinski definition) is 5. The standard InChI is InChI=1S/C17H21BrN6/c18-12-3-4-13(19-7-12)8-22-9-14-6-15(10-22)24(14)11-17-21-20-16-2-1-5-23(16)17/h3-4,7,14-15H,1-2,5-6,8-11H2. The summed E-state index contributed by atoms with van der Waals surface area (Å²) >= 11 is 3.45. The molecule has 2 unspecified atom stereocenters. The van der Waals surface area contributed by atoms with Crippen molar-refractivity contribution < 1.29 is 0 Å². The van der Waals surface area contributed by atoms with Crippen LogP contribution in [0, 0.1) is 0 Å². The number of piperidine rings is 1. The van der Waals surface area contributed by atoms with E-state index in [0.717, 1.165) is 49.3 Å². The molecule has 2 bridgehead atoms. The van der Waals surface area contributed by atoms with Crippen LogP contribution in [0.25, 0.3) is 0 Å². The van der Waals surface area contributed by atoms with Crippen LogP contribution in [-0.4, -0.2) is 54.7 Å². The highest BCUT2D eigenvalue weighted by molar-refractivity contribution is 9.10. The number of nitrogens with zero attached hydrogens (tertiary/aromatic N) is 6. The van der Waals surface area contributed by atoms with Crippen molar-refractivity contribution in [2.45, 2.75) is 51.0 Å². The first kappa shape index (κ1) is 15.0. The van der Waals surface area contributed by atoms with E-state index in [4.69, 9.17) is 0 Å². The van der Waals surface area contributed by atoms with Crippen molar-refractivity contribution in [3.05, 3.63) is 40.1 Å². The third-order valence-corrected chi connectivity index (χ3v) is 6.07. The summed E-state index contributed by atoms with van der Waals surface area (Å²) in [6.45, 7) is 5.29. The summed E-state index contributed by atoms with van der Waals surface area (Å²) in [5.74, 6) is 2.35. The smallest absolute Gasteiger partial charge is 0.147 e. The second-order valence-corrected chi connectivity index (χ2v) is 8.08. The Morgan fingerprint density at radius 2 is 2.00 bits per heavy atom. The normalized spacial score (nSPS) is 26.4. The van der Waals surface area contributed by atoms with E-state index in [-0.39, 0.29) is 0 Å². The first-order valence-electron chi connectivity index (χ1n) is 8.76. The van der Waals surface area contributed by atoms with Gasteiger partial charge in [0.25, 0.3) is 0 Å². The van der Waals surface area contributed by atoms with Crippen LogP contribution >= 0.6 is 15.9 Å². The lowest BCUT2D eigenvalue weighted by molar-refractivity contribution is -0.0795. The molecule has 6 heterocycles. The maximum Gasteiger partial charge on any atom is 0.147 e. The lowest BCUT2D eigenvalue weighted by Gasteiger charge is -2.56. The van der Waals surface area contributed by atoms with Crippen LogP contribution in [0.5, 0.6) is 0 Å². The molecule has 6 nitrogen and oxygen atoms in total. The van der Waals surface area contributed by atoms with Crippen LogP contribution in [0.1, 0.15) is 30.2 Å². The molecule has 4 aliphatic rings. The molecule has 0 N–H and O–H groups in total. The molecule has 3 fully saturated rings. The zero-order valence-electron chi connectivity index (χ0n) is 13.6. The average Bonchev–Trinajstić information content (AvgIpc) is 3.19. The van der Waals surface area contributed by atoms with E-state index in [0.29, 0.717) is 12.1 Å². The van der Waals surface area contributed by atoms with Crippen LogP contribution in [0.15, 0.2) is 22.8 Å². The van der Waals surface area contributed by atoms with Gasteiger partial charge in [0.1, 0.15) is 11.6 Å². The van der Waals surface area contributed by atoms with Gasteiger partial charge in [0.15, 0.2) is 0 Å². The lowest BCUT2D eigenvalue weighted by atomic mass is 9.87. The van der Waals surface area contributed by atoms with Crippen LogP contribution < -0.4 is 0 Å². The molecule has 0 spiro atoms. The second kappa shape index (κ2) is 5.89. The van der Waals surface area contributed by atoms with E-state index in [2.05, 4.69) is 57.6 Å². The highest BCUT2D eigenvalue weighted by atomic mass is 79.9. The Balaban J connectivity index is 1.22. The maximum absolute atomic E-state index is 4.51. The van der Waals surface area contributed by atoms with Crippen molar-refractivity contribution in [3.8, 4) is 0 Å². The fourth-order valence-corrected chi connectivity index (χ4v) is 4.62. The van der Waals surface area contributed by atoms with Crippen molar-refractivity contribution in [3.63, 3.8) is 0 Å². The summed E-state index contributed by atoms with van der Waals surface area (Å²) in [6.07, 6.45) is 5.52. The molecule has 6 rings (SSSR count). The molecule has 126 valence electrons. The fourth-order valence-electron chi connectivity index (χ4n) is 4.38. The quantitative estimate of drug-likeness (QED) is 0.799. The molecule has 2 atom stereocenters. The Morgan fingerprint density at radius 1 is 1.12 bits per heavy atom. The number of halogens is 1. The highest BCUT2D eigenvalue weighted by Gasteiger charge is 2.44. The van der Waals surface area contributed by atoms with Gasteiger partial charge in [-0.3, -0.25) is 14.8 Å². The van der Waals surface area contributed by atoms with E-state index in [1.807, 2.05) is 6.20 Å². The summed E-state index contributed by atoms with van der Waals surface area (Å²) in [5, 5.41) is 8.77. The van der Waals surface area contributed by atoms with Crippen LogP contribution in [0.4, 0.5) is 0 Å². The molecule has 2 aromatic heterocycles. The summed E-state index contributed by atoms with van der Waals surface area (Å²) in [4.78, 5) is 9.68. The minimum Gasteiger partial charge on any atom is -0.314 e. The van der Waals surface area contributed by atoms with Crippen molar-refractivity contribution in [1.29, 1.82) is 0 Å². The van der Waals surface area contributed by atoms with Crippen LogP contribution in [0.2, 0.25) is 0 Å². The van der Waals surface area contributed by atoms with E-state index in [1.165, 1.54) is 24.5 Å². The van der Waals surface area contributed by atoms with Crippen LogP contribution in [0.3, 0.4) is 0 Å². The Bertz CT molecular complexity index is 730. The molecular weight excluding hydrogens is 368 g/mol. The monoisotopic (exact) mass is 388 g/mol. The molecule has 0 aromatic carbocycles. The zero-order chi connectivity index (χ0) is 16.1. The van der Waals surface area contributed by atoms with Crippen molar-refractivity contribution >= 4 is 15.9 Å². The van der Waals surface area contributed by atoms with Gasteiger partial charge in [0, 0.05) is 55.4 Å². The number of piperazine rings is 1. The van der Waals surface area contributed by atoms with E-state index < -0.39 is 0 Å². The molecule has 0 radical (unpaired) electrons. The van der Waals surface area contributed by atoms with Crippen LogP contribution in [-0.2, 0) is 26.1 Å². The van der Waals surface area contributed by atoms with Gasteiger partial charge >= 0.3 is 0 Å². The van der Waals surface area contributed by atoms with Crippen molar-refractivity contribution in [1.82, 2.24) is 29.5 Å². The number of hydrogen-bond donors (Lipinski definition) is 0. The summed E-state index contributed by atoms with van der Waals surface area (Å²) in [6, 6.07) is 5.51. The number of fused-ring (bicyclic) bond motifs is 3.